The molecule has 5 rings (SSSR count). The first kappa shape index (κ1) is 15.2. The van der Waals surface area contributed by atoms with Gasteiger partial charge in [0.05, 0.1) is 17.6 Å². The second-order valence-corrected chi connectivity index (χ2v) is 7.40. The van der Waals surface area contributed by atoms with E-state index in [1.807, 2.05) is 19.4 Å². The first-order chi connectivity index (χ1) is 12.7. The van der Waals surface area contributed by atoms with Crippen molar-refractivity contribution in [1.82, 2.24) is 14.8 Å². The smallest absolute Gasteiger partial charge is 0.157 e. The molecule has 2 aromatic heterocycles. The van der Waals surface area contributed by atoms with Crippen LogP contribution >= 0.6 is 11.8 Å². The Morgan fingerprint density at radius 1 is 1.00 bits per heavy atom. The molecule has 26 heavy (non-hydrogen) atoms. The van der Waals surface area contributed by atoms with Gasteiger partial charge in [-0.15, -0.1) is 0 Å². The third-order valence-corrected chi connectivity index (χ3v) is 5.78. The number of aromatic nitrogens is 3. The van der Waals surface area contributed by atoms with Crippen LogP contribution in [0.1, 0.15) is 11.1 Å². The fourth-order valence-electron chi connectivity index (χ4n) is 3.20. The lowest BCUT2D eigenvalue weighted by Gasteiger charge is -2.21. The number of aryl methyl sites for hydroxylation is 1. The van der Waals surface area contributed by atoms with Crippen LogP contribution in [0, 0.1) is 0 Å². The lowest BCUT2D eigenvalue weighted by molar-refractivity contribution is 0.786. The maximum Gasteiger partial charge on any atom is 0.157 e. The summed E-state index contributed by atoms with van der Waals surface area (Å²) in [6, 6.07) is 16.9. The molecule has 4 aromatic rings. The van der Waals surface area contributed by atoms with E-state index in [1.165, 1.54) is 9.79 Å². The van der Waals surface area contributed by atoms with Crippen LogP contribution in [0.25, 0.3) is 16.6 Å². The van der Waals surface area contributed by atoms with E-state index in [-0.39, 0.29) is 0 Å². The summed E-state index contributed by atoms with van der Waals surface area (Å²) in [5.74, 6) is 0. The van der Waals surface area contributed by atoms with Crippen molar-refractivity contribution in [2.24, 2.45) is 7.05 Å². The van der Waals surface area contributed by atoms with E-state index in [2.05, 4.69) is 70.5 Å². The molecule has 0 amide bonds. The number of para-hydroxylation sites is 1. The van der Waals surface area contributed by atoms with Crippen molar-refractivity contribution < 1.29 is 0 Å². The van der Waals surface area contributed by atoms with Crippen molar-refractivity contribution in [3.05, 3.63) is 78.6 Å². The van der Waals surface area contributed by atoms with Gasteiger partial charge in [-0.3, -0.25) is 4.68 Å². The second-order valence-electron chi connectivity index (χ2n) is 6.32. The van der Waals surface area contributed by atoms with Crippen LogP contribution in [0.2, 0.25) is 0 Å². The topological polar surface area (TPSA) is 42.7 Å². The minimum absolute atomic E-state index is 0.877. The summed E-state index contributed by atoms with van der Waals surface area (Å²) in [6.07, 6.45) is 3.70. The van der Waals surface area contributed by atoms with E-state index in [0.717, 1.165) is 39.1 Å². The standard InChI is InChI=1S/C21H16N4S/c1-13(15-9-16-12-23-25(2)21(16)22-11-15)14-7-8-20-18(10-14)24-17-5-3-4-6-19(17)26-20/h3-12,24H,1H2,2H3. The highest BCUT2D eigenvalue weighted by atomic mass is 32.2. The van der Waals surface area contributed by atoms with Crippen LogP contribution in [-0.2, 0) is 7.05 Å². The van der Waals surface area contributed by atoms with Crippen LogP contribution < -0.4 is 5.32 Å². The van der Waals surface area contributed by atoms with Crippen molar-refractivity contribution in [2.45, 2.75) is 9.79 Å². The van der Waals surface area contributed by atoms with Gasteiger partial charge in [-0.05, 0) is 41.5 Å². The average molecular weight is 356 g/mol. The van der Waals surface area contributed by atoms with E-state index in [0.29, 0.717) is 0 Å². The summed E-state index contributed by atoms with van der Waals surface area (Å²) in [5.41, 5.74) is 6.18. The molecule has 0 bridgehead atoms. The molecular formula is C21H16N4S. The van der Waals surface area contributed by atoms with E-state index in [9.17, 15) is 0 Å². The average Bonchev–Trinajstić information content (AvgIpc) is 3.05. The van der Waals surface area contributed by atoms with Crippen molar-refractivity contribution in [1.29, 1.82) is 0 Å². The Hall–Kier alpha value is -3.05. The summed E-state index contributed by atoms with van der Waals surface area (Å²) >= 11 is 1.79. The molecule has 0 radical (unpaired) electrons. The fourth-order valence-corrected chi connectivity index (χ4v) is 4.17. The molecule has 0 saturated heterocycles. The van der Waals surface area contributed by atoms with Crippen LogP contribution in [0.5, 0.6) is 0 Å². The monoisotopic (exact) mass is 356 g/mol. The molecule has 0 unspecified atom stereocenters. The van der Waals surface area contributed by atoms with Gasteiger partial charge in [0, 0.05) is 34.0 Å². The summed E-state index contributed by atoms with van der Waals surface area (Å²) < 4.78 is 1.78. The lowest BCUT2D eigenvalue weighted by atomic mass is 10.00. The first-order valence-corrected chi connectivity index (χ1v) is 9.16. The molecule has 4 nitrogen and oxygen atoms in total. The van der Waals surface area contributed by atoms with Crippen molar-refractivity contribution in [3.8, 4) is 0 Å². The SMILES string of the molecule is C=C(c1ccc2c(c1)Nc1ccccc1S2)c1cnc2c(cnn2C)c1. The molecule has 5 heteroatoms. The van der Waals surface area contributed by atoms with Crippen LogP contribution in [-0.4, -0.2) is 14.8 Å². The Labute approximate surface area is 155 Å². The summed E-state index contributed by atoms with van der Waals surface area (Å²) in [5, 5.41) is 8.81. The molecule has 0 atom stereocenters. The number of rotatable bonds is 2. The molecule has 1 aliphatic rings. The Kier molecular flexibility index (Phi) is 3.36. The van der Waals surface area contributed by atoms with Crippen molar-refractivity contribution >= 4 is 39.7 Å². The zero-order valence-electron chi connectivity index (χ0n) is 14.2. The first-order valence-electron chi connectivity index (χ1n) is 8.34. The minimum atomic E-state index is 0.877. The molecule has 1 N–H and O–H groups in total. The van der Waals surface area contributed by atoms with Crippen molar-refractivity contribution in [3.63, 3.8) is 0 Å². The molecule has 1 aliphatic heterocycles. The number of hydrogen-bond donors (Lipinski definition) is 1. The zero-order valence-corrected chi connectivity index (χ0v) is 15.0. The van der Waals surface area contributed by atoms with Gasteiger partial charge in [-0.2, -0.15) is 5.10 Å². The normalized spacial score (nSPS) is 12.3. The van der Waals surface area contributed by atoms with Crippen LogP contribution in [0.15, 0.2) is 77.3 Å². The highest BCUT2D eigenvalue weighted by Crippen LogP contribution is 2.44. The molecule has 3 heterocycles. The number of benzene rings is 2. The molecule has 0 saturated carbocycles. The summed E-state index contributed by atoms with van der Waals surface area (Å²) in [7, 11) is 1.90. The largest absolute Gasteiger partial charge is 0.354 e. The van der Waals surface area contributed by atoms with Gasteiger partial charge < -0.3 is 5.32 Å². The maximum atomic E-state index is 4.52. The third-order valence-electron chi connectivity index (χ3n) is 4.62. The number of nitrogens with one attached hydrogen (secondary N) is 1. The molecular weight excluding hydrogens is 340 g/mol. The van der Waals surface area contributed by atoms with Gasteiger partial charge >= 0.3 is 0 Å². The Morgan fingerprint density at radius 2 is 1.85 bits per heavy atom. The van der Waals surface area contributed by atoms with Gasteiger partial charge in [0.2, 0.25) is 0 Å². The number of pyridine rings is 1. The second kappa shape index (κ2) is 5.75. The molecule has 126 valence electrons. The summed E-state index contributed by atoms with van der Waals surface area (Å²) in [6.45, 7) is 4.30. The number of anilines is 2. The van der Waals surface area contributed by atoms with Crippen molar-refractivity contribution in [2.75, 3.05) is 5.32 Å². The predicted molar refractivity (Wildman–Crippen MR) is 107 cm³/mol. The highest BCUT2D eigenvalue weighted by Gasteiger charge is 2.16. The lowest BCUT2D eigenvalue weighted by Crippen LogP contribution is -2.00. The predicted octanol–water partition coefficient (Wildman–Crippen LogP) is 5.24. The highest BCUT2D eigenvalue weighted by molar-refractivity contribution is 7.99. The van der Waals surface area contributed by atoms with E-state index >= 15 is 0 Å². The van der Waals surface area contributed by atoms with Gasteiger partial charge in [0.15, 0.2) is 5.65 Å². The molecule has 2 aromatic carbocycles. The van der Waals surface area contributed by atoms with E-state index < -0.39 is 0 Å². The fraction of sp³-hybridized carbons (Fsp3) is 0.0476. The number of hydrogen-bond acceptors (Lipinski definition) is 4. The van der Waals surface area contributed by atoms with Crippen LogP contribution in [0.4, 0.5) is 11.4 Å². The Morgan fingerprint density at radius 3 is 2.77 bits per heavy atom. The van der Waals surface area contributed by atoms with Gasteiger partial charge in [-0.25, -0.2) is 4.98 Å². The third kappa shape index (κ3) is 2.40. The molecule has 0 spiro atoms. The molecule has 0 aliphatic carbocycles. The van der Waals surface area contributed by atoms with Gasteiger partial charge in [0.1, 0.15) is 0 Å². The minimum Gasteiger partial charge on any atom is -0.354 e. The maximum absolute atomic E-state index is 4.52. The van der Waals surface area contributed by atoms with Gasteiger partial charge in [-0.1, -0.05) is 36.5 Å². The van der Waals surface area contributed by atoms with E-state index in [1.54, 1.807) is 16.4 Å². The molecule has 0 fully saturated rings. The van der Waals surface area contributed by atoms with E-state index in [4.69, 9.17) is 0 Å². The van der Waals surface area contributed by atoms with Crippen LogP contribution in [0.3, 0.4) is 0 Å². The number of nitrogens with zero attached hydrogens (tertiary/aromatic N) is 3. The Bertz CT molecular complexity index is 1180. The number of fused-ring (bicyclic) bond motifs is 3. The summed E-state index contributed by atoms with van der Waals surface area (Å²) in [4.78, 5) is 7.00. The zero-order chi connectivity index (χ0) is 17.7. The Balaban J connectivity index is 1.51. The quantitative estimate of drug-likeness (QED) is 0.470. The van der Waals surface area contributed by atoms with Gasteiger partial charge in [0.25, 0.3) is 0 Å².